The van der Waals surface area contributed by atoms with Crippen LogP contribution in [0.15, 0.2) is 70.9 Å². The lowest BCUT2D eigenvalue weighted by molar-refractivity contribution is -0.112. The molecule has 0 fully saturated rings. The highest BCUT2D eigenvalue weighted by atomic mass is 16.4. The maximum Gasteiger partial charge on any atom is 0.335 e. The van der Waals surface area contributed by atoms with Gasteiger partial charge in [0.25, 0.3) is 0 Å². The third-order valence-electron chi connectivity index (χ3n) is 5.20. The van der Waals surface area contributed by atoms with Crippen LogP contribution in [0.2, 0.25) is 0 Å². The molecular formula is C24H20N4O4. The number of nitrogens with zero attached hydrogens (tertiary/aromatic N) is 3. The van der Waals surface area contributed by atoms with Gasteiger partial charge in [-0.1, -0.05) is 30.3 Å². The summed E-state index contributed by atoms with van der Waals surface area (Å²) >= 11 is 0. The van der Waals surface area contributed by atoms with Gasteiger partial charge in [-0.25, -0.2) is 4.79 Å². The first-order valence-corrected chi connectivity index (χ1v) is 9.80. The Kier molecular flexibility index (Phi) is 5.43. The fraction of sp³-hybridized carbons (Fsp3) is 0.0833. The fourth-order valence-electron chi connectivity index (χ4n) is 3.25. The Morgan fingerprint density at radius 1 is 1.03 bits per heavy atom. The van der Waals surface area contributed by atoms with Crippen molar-refractivity contribution in [3.05, 3.63) is 77.4 Å². The number of hydrazone groups is 2. The monoisotopic (exact) mass is 428 g/mol. The van der Waals surface area contributed by atoms with Crippen LogP contribution in [0.5, 0.6) is 5.75 Å². The fourth-order valence-corrected chi connectivity index (χ4v) is 3.25. The highest BCUT2D eigenvalue weighted by molar-refractivity contribution is 6.65. The van der Waals surface area contributed by atoms with Gasteiger partial charge >= 0.3 is 11.9 Å². The molecule has 3 aromatic rings. The topological polar surface area (TPSA) is 115 Å². The summed E-state index contributed by atoms with van der Waals surface area (Å²) in [7, 11) is 0. The molecule has 0 bridgehead atoms. The number of carboxylic acids is 1. The Hall–Kier alpha value is -4.46. The van der Waals surface area contributed by atoms with E-state index in [-0.39, 0.29) is 22.7 Å². The summed E-state index contributed by atoms with van der Waals surface area (Å²) in [5.74, 6) is -1.57. The third-order valence-corrected chi connectivity index (χ3v) is 5.20. The van der Waals surface area contributed by atoms with Crippen LogP contribution >= 0.6 is 0 Å². The van der Waals surface area contributed by atoms with Crippen LogP contribution in [0.3, 0.4) is 0 Å². The van der Waals surface area contributed by atoms with Crippen molar-refractivity contribution < 1.29 is 19.8 Å². The molecule has 0 aromatic heterocycles. The van der Waals surface area contributed by atoms with E-state index >= 15 is 0 Å². The second-order valence-electron chi connectivity index (χ2n) is 7.33. The second kappa shape index (κ2) is 8.35. The normalized spacial score (nSPS) is 14.2. The zero-order valence-corrected chi connectivity index (χ0v) is 17.4. The van der Waals surface area contributed by atoms with E-state index in [9.17, 15) is 19.8 Å². The molecule has 1 amide bonds. The predicted octanol–water partition coefficient (Wildman–Crippen LogP) is 4.17. The molecule has 8 nitrogen and oxygen atoms in total. The summed E-state index contributed by atoms with van der Waals surface area (Å²) in [5.41, 5.74) is 6.94. The Bertz CT molecular complexity index is 1300. The SMILES string of the molecule is Cc1ccc(N2N=C/C(=N/Nc3cccc(-c4cccc(C(=O)O)c4)c3O)C2=O)cc1C. The number of carbonyl (C=O) groups is 2. The maximum atomic E-state index is 12.7. The number of carbonyl (C=O) groups excluding carboxylic acids is 1. The van der Waals surface area contributed by atoms with Crippen molar-refractivity contribution in [3.8, 4) is 16.9 Å². The van der Waals surface area contributed by atoms with Gasteiger partial charge in [-0.2, -0.15) is 15.2 Å². The summed E-state index contributed by atoms with van der Waals surface area (Å²) in [6, 6.07) is 16.8. The van der Waals surface area contributed by atoms with Crippen LogP contribution in [-0.4, -0.2) is 34.0 Å². The number of hydrogen-bond donors (Lipinski definition) is 3. The molecule has 0 saturated carbocycles. The van der Waals surface area contributed by atoms with Gasteiger partial charge in [-0.3, -0.25) is 10.2 Å². The lowest BCUT2D eigenvalue weighted by Crippen LogP contribution is -2.26. The van der Waals surface area contributed by atoms with E-state index in [1.165, 1.54) is 23.4 Å². The van der Waals surface area contributed by atoms with Crippen LogP contribution < -0.4 is 10.4 Å². The highest BCUT2D eigenvalue weighted by Gasteiger charge is 2.26. The van der Waals surface area contributed by atoms with E-state index in [4.69, 9.17) is 0 Å². The molecule has 0 radical (unpaired) electrons. The zero-order chi connectivity index (χ0) is 22.8. The van der Waals surface area contributed by atoms with E-state index in [0.29, 0.717) is 16.8 Å². The minimum Gasteiger partial charge on any atom is -0.505 e. The van der Waals surface area contributed by atoms with Crippen molar-refractivity contribution in [2.75, 3.05) is 10.4 Å². The number of para-hydroxylation sites is 1. The molecular weight excluding hydrogens is 408 g/mol. The molecule has 0 saturated heterocycles. The molecule has 0 unspecified atom stereocenters. The number of aromatic hydroxyl groups is 1. The molecule has 4 rings (SSSR count). The number of benzene rings is 3. The molecule has 1 heterocycles. The molecule has 8 heteroatoms. The predicted molar refractivity (Wildman–Crippen MR) is 123 cm³/mol. The Morgan fingerprint density at radius 3 is 2.56 bits per heavy atom. The van der Waals surface area contributed by atoms with Gasteiger partial charge in [0, 0.05) is 5.56 Å². The molecule has 3 N–H and O–H groups in total. The highest BCUT2D eigenvalue weighted by Crippen LogP contribution is 2.35. The smallest absolute Gasteiger partial charge is 0.335 e. The summed E-state index contributed by atoms with van der Waals surface area (Å²) in [6.07, 6.45) is 1.35. The van der Waals surface area contributed by atoms with Gasteiger partial charge in [0.2, 0.25) is 0 Å². The lowest BCUT2D eigenvalue weighted by atomic mass is 10.0. The van der Waals surface area contributed by atoms with Crippen molar-refractivity contribution in [1.29, 1.82) is 0 Å². The number of hydrogen-bond acceptors (Lipinski definition) is 6. The van der Waals surface area contributed by atoms with E-state index < -0.39 is 11.9 Å². The van der Waals surface area contributed by atoms with Crippen molar-refractivity contribution in [1.82, 2.24) is 0 Å². The van der Waals surface area contributed by atoms with Crippen LogP contribution in [0.1, 0.15) is 21.5 Å². The minimum absolute atomic E-state index is 0.0842. The van der Waals surface area contributed by atoms with Crippen molar-refractivity contribution >= 4 is 35.2 Å². The third kappa shape index (κ3) is 3.93. The largest absolute Gasteiger partial charge is 0.505 e. The van der Waals surface area contributed by atoms with Crippen LogP contribution in [0.25, 0.3) is 11.1 Å². The lowest BCUT2D eigenvalue weighted by Gasteiger charge is -2.13. The van der Waals surface area contributed by atoms with Crippen LogP contribution in [0.4, 0.5) is 11.4 Å². The number of amides is 1. The maximum absolute atomic E-state index is 12.7. The van der Waals surface area contributed by atoms with Gasteiger partial charge in [0.15, 0.2) is 5.71 Å². The molecule has 0 atom stereocenters. The Morgan fingerprint density at radius 2 is 1.81 bits per heavy atom. The first kappa shape index (κ1) is 20.8. The van der Waals surface area contributed by atoms with E-state index in [1.54, 1.807) is 30.3 Å². The number of nitrogens with one attached hydrogen (secondary N) is 1. The van der Waals surface area contributed by atoms with E-state index in [0.717, 1.165) is 11.1 Å². The number of carboxylic acid groups (broad SMARTS) is 1. The van der Waals surface area contributed by atoms with Gasteiger partial charge in [-0.05, 0) is 60.9 Å². The molecule has 0 spiro atoms. The molecule has 1 aliphatic heterocycles. The van der Waals surface area contributed by atoms with Gasteiger partial charge in [-0.15, -0.1) is 0 Å². The molecule has 32 heavy (non-hydrogen) atoms. The molecule has 160 valence electrons. The quantitative estimate of drug-likeness (QED) is 0.417. The van der Waals surface area contributed by atoms with Crippen molar-refractivity contribution in [2.24, 2.45) is 10.2 Å². The zero-order valence-electron chi connectivity index (χ0n) is 17.4. The first-order chi connectivity index (χ1) is 15.3. The molecule has 1 aliphatic rings. The molecule has 3 aromatic carbocycles. The summed E-state index contributed by atoms with van der Waals surface area (Å²) < 4.78 is 0. The average molecular weight is 428 g/mol. The number of rotatable bonds is 5. The van der Waals surface area contributed by atoms with E-state index in [1.807, 2.05) is 32.0 Å². The second-order valence-corrected chi connectivity index (χ2v) is 7.33. The average Bonchev–Trinajstić information content (AvgIpc) is 3.15. The van der Waals surface area contributed by atoms with E-state index in [2.05, 4.69) is 15.6 Å². The number of phenolic OH excluding ortho intramolecular Hbond substituents is 1. The first-order valence-electron chi connectivity index (χ1n) is 9.80. The van der Waals surface area contributed by atoms with Gasteiger partial charge < -0.3 is 10.2 Å². The minimum atomic E-state index is -1.06. The Balaban J connectivity index is 1.57. The summed E-state index contributed by atoms with van der Waals surface area (Å²) in [6.45, 7) is 3.95. The van der Waals surface area contributed by atoms with Crippen LogP contribution in [-0.2, 0) is 4.79 Å². The van der Waals surface area contributed by atoms with Crippen LogP contribution in [0, 0.1) is 13.8 Å². The van der Waals surface area contributed by atoms with Crippen molar-refractivity contribution in [3.63, 3.8) is 0 Å². The number of aryl methyl sites for hydroxylation is 2. The number of aromatic carboxylic acids is 1. The Labute approximate surface area is 184 Å². The number of anilines is 2. The summed E-state index contributed by atoms with van der Waals surface area (Å²) in [5, 5.41) is 29.4. The van der Waals surface area contributed by atoms with Crippen molar-refractivity contribution in [2.45, 2.75) is 13.8 Å². The number of phenols is 1. The standard InChI is InChI=1S/C24H20N4O4/c1-14-9-10-18(11-15(14)2)28-23(30)21(13-25-28)27-26-20-8-4-7-19(22(20)29)16-5-3-6-17(12-16)24(31)32/h3-13,26,29H,1-2H3,(H,31,32)/b27-21-. The summed E-state index contributed by atoms with van der Waals surface area (Å²) in [4.78, 5) is 24.0. The van der Waals surface area contributed by atoms with Gasteiger partial charge in [0.05, 0.1) is 23.2 Å². The molecule has 0 aliphatic carbocycles. The van der Waals surface area contributed by atoms with Gasteiger partial charge in [0.1, 0.15) is 5.75 Å².